The summed E-state index contributed by atoms with van der Waals surface area (Å²) in [6.45, 7) is 0. The number of thioether (sulfide) groups is 1. The van der Waals surface area contributed by atoms with Crippen LogP contribution in [0.1, 0.15) is 5.56 Å². The molecule has 3 aromatic rings. The molecule has 1 N–H and O–H groups in total. The van der Waals surface area contributed by atoms with Crippen LogP contribution in [0.4, 0.5) is 5.13 Å². The van der Waals surface area contributed by atoms with E-state index in [-0.39, 0.29) is 5.91 Å². The van der Waals surface area contributed by atoms with Crippen LogP contribution < -0.4 is 5.43 Å². The fourth-order valence-corrected chi connectivity index (χ4v) is 4.59. The molecule has 0 aliphatic carbocycles. The highest BCUT2D eigenvalue weighted by molar-refractivity contribution is 9.10. The van der Waals surface area contributed by atoms with Crippen LogP contribution in [0, 0.1) is 0 Å². The minimum atomic E-state index is -0.169. The second-order valence-electron chi connectivity index (χ2n) is 5.17. The first-order chi connectivity index (χ1) is 12.1. The normalized spacial score (nSPS) is 16.2. The number of nitrogens with zero attached hydrogens (tertiary/aromatic N) is 2. The third kappa shape index (κ3) is 3.48. The Bertz CT molecular complexity index is 980. The van der Waals surface area contributed by atoms with E-state index in [4.69, 9.17) is 12.2 Å². The Morgan fingerprint density at radius 3 is 2.68 bits per heavy atom. The maximum absolute atomic E-state index is 12.7. The molecule has 1 aliphatic heterocycles. The number of hydrazine groups is 1. The monoisotopic (exact) mass is 447 g/mol. The largest absolute Gasteiger partial charge is 0.285 e. The molecule has 1 amide bonds. The van der Waals surface area contributed by atoms with E-state index in [0.717, 1.165) is 20.3 Å². The van der Waals surface area contributed by atoms with Crippen LogP contribution in [0.25, 0.3) is 16.3 Å². The number of aromatic nitrogens is 1. The summed E-state index contributed by atoms with van der Waals surface area (Å²) in [4.78, 5) is 17.7. The van der Waals surface area contributed by atoms with Crippen molar-refractivity contribution in [2.75, 3.05) is 5.43 Å². The maximum Gasteiger partial charge on any atom is 0.285 e. The molecule has 2 aromatic carbocycles. The fraction of sp³-hybridized carbons (Fsp3) is 0. The number of nitrogens with one attached hydrogen (secondary N) is 1. The highest BCUT2D eigenvalue weighted by Crippen LogP contribution is 2.34. The lowest BCUT2D eigenvalue weighted by Crippen LogP contribution is -2.33. The number of carbonyl (C=O) groups excluding carboxylic acids is 1. The molecule has 1 saturated heterocycles. The number of carbonyl (C=O) groups is 1. The summed E-state index contributed by atoms with van der Waals surface area (Å²) in [6.07, 6.45) is 1.84. The van der Waals surface area contributed by atoms with E-state index in [9.17, 15) is 4.79 Å². The molecular weight excluding hydrogens is 438 g/mol. The molecule has 2 heterocycles. The minimum Gasteiger partial charge on any atom is -0.266 e. The molecule has 1 aromatic heterocycles. The molecule has 0 unspecified atom stereocenters. The van der Waals surface area contributed by atoms with Crippen LogP contribution in [0.3, 0.4) is 0 Å². The van der Waals surface area contributed by atoms with Gasteiger partial charge in [-0.25, -0.2) is 4.98 Å². The lowest BCUT2D eigenvalue weighted by Gasteiger charge is -2.14. The summed E-state index contributed by atoms with van der Waals surface area (Å²) >= 11 is 11.5. The van der Waals surface area contributed by atoms with Gasteiger partial charge in [0.15, 0.2) is 4.32 Å². The van der Waals surface area contributed by atoms with Crippen molar-refractivity contribution >= 4 is 82.9 Å². The molecule has 8 heteroatoms. The molecule has 4 rings (SSSR count). The Labute approximate surface area is 166 Å². The highest BCUT2D eigenvalue weighted by atomic mass is 79.9. The molecule has 0 radical (unpaired) electrons. The van der Waals surface area contributed by atoms with Gasteiger partial charge in [0, 0.05) is 4.47 Å². The molecular formula is C17H10BrN3OS3. The van der Waals surface area contributed by atoms with E-state index in [0.29, 0.717) is 14.4 Å². The summed E-state index contributed by atoms with van der Waals surface area (Å²) in [5.74, 6) is -0.169. The van der Waals surface area contributed by atoms with Crippen molar-refractivity contribution < 1.29 is 4.79 Å². The zero-order valence-corrected chi connectivity index (χ0v) is 16.6. The summed E-state index contributed by atoms with van der Waals surface area (Å²) in [5.41, 5.74) is 4.88. The zero-order chi connectivity index (χ0) is 17.4. The molecule has 0 saturated carbocycles. The van der Waals surface area contributed by atoms with Crippen LogP contribution >= 0.6 is 51.2 Å². The predicted molar refractivity (Wildman–Crippen MR) is 112 cm³/mol. The molecule has 124 valence electrons. The number of benzene rings is 2. The number of fused-ring (bicyclic) bond motifs is 1. The maximum atomic E-state index is 12.7. The van der Waals surface area contributed by atoms with Crippen LogP contribution in [0.5, 0.6) is 0 Å². The summed E-state index contributed by atoms with van der Waals surface area (Å²) < 4.78 is 2.52. The SMILES string of the molecule is O=C1/C(=C/c2ccc(Br)cc2)SC(=S)N1Nc1nc2ccccc2s1. The lowest BCUT2D eigenvalue weighted by molar-refractivity contribution is -0.121. The van der Waals surface area contributed by atoms with Crippen molar-refractivity contribution in [2.45, 2.75) is 0 Å². The number of thiocarbonyl (C=S) groups is 1. The summed E-state index contributed by atoms with van der Waals surface area (Å²) in [7, 11) is 0. The van der Waals surface area contributed by atoms with Crippen molar-refractivity contribution in [3.8, 4) is 0 Å². The number of para-hydroxylation sites is 1. The van der Waals surface area contributed by atoms with Crippen LogP contribution in [-0.4, -0.2) is 20.2 Å². The van der Waals surface area contributed by atoms with E-state index >= 15 is 0 Å². The van der Waals surface area contributed by atoms with Crippen molar-refractivity contribution in [3.05, 3.63) is 63.5 Å². The van der Waals surface area contributed by atoms with E-state index < -0.39 is 0 Å². The standard InChI is InChI=1S/C17H10BrN3OS3/c18-11-7-5-10(6-8-11)9-14-15(22)21(17(23)25-14)20-16-19-12-3-1-2-4-13(12)24-16/h1-9H,(H,19,20)/b14-9-. The Morgan fingerprint density at radius 2 is 1.92 bits per heavy atom. The minimum absolute atomic E-state index is 0.169. The molecule has 4 nitrogen and oxygen atoms in total. The van der Waals surface area contributed by atoms with Gasteiger partial charge in [-0.15, -0.1) is 0 Å². The van der Waals surface area contributed by atoms with Gasteiger partial charge >= 0.3 is 0 Å². The molecule has 0 bridgehead atoms. The van der Waals surface area contributed by atoms with Crippen molar-refractivity contribution in [3.63, 3.8) is 0 Å². The smallest absolute Gasteiger partial charge is 0.266 e. The van der Waals surface area contributed by atoms with E-state index in [1.807, 2.05) is 54.6 Å². The number of hydrogen-bond donors (Lipinski definition) is 1. The van der Waals surface area contributed by atoms with Crippen molar-refractivity contribution in [1.82, 2.24) is 9.99 Å². The van der Waals surface area contributed by atoms with Gasteiger partial charge < -0.3 is 0 Å². The number of halogens is 1. The molecule has 0 spiro atoms. The Morgan fingerprint density at radius 1 is 1.16 bits per heavy atom. The number of anilines is 1. The molecule has 1 aliphatic rings. The van der Waals surface area contributed by atoms with Crippen LogP contribution in [0.2, 0.25) is 0 Å². The second kappa shape index (κ2) is 6.87. The van der Waals surface area contributed by atoms with Crippen molar-refractivity contribution in [1.29, 1.82) is 0 Å². The molecule has 25 heavy (non-hydrogen) atoms. The highest BCUT2D eigenvalue weighted by Gasteiger charge is 2.33. The number of rotatable bonds is 3. The zero-order valence-electron chi connectivity index (χ0n) is 12.6. The topological polar surface area (TPSA) is 45.2 Å². The number of hydrogen-bond acceptors (Lipinski definition) is 6. The third-order valence-corrected chi connectivity index (χ3v) is 6.23. The number of thiazole rings is 1. The van der Waals surface area contributed by atoms with Gasteiger partial charge in [0.05, 0.1) is 15.1 Å². The lowest BCUT2D eigenvalue weighted by atomic mass is 10.2. The van der Waals surface area contributed by atoms with Gasteiger partial charge in [0.25, 0.3) is 5.91 Å². The molecule has 1 fully saturated rings. The van der Waals surface area contributed by atoms with Gasteiger partial charge in [-0.3, -0.25) is 10.2 Å². The number of amides is 1. The van der Waals surface area contributed by atoms with Gasteiger partial charge in [-0.05, 0) is 48.1 Å². The van der Waals surface area contributed by atoms with E-state index in [1.165, 1.54) is 28.1 Å². The first-order valence-corrected chi connectivity index (χ1v) is 10.1. The van der Waals surface area contributed by atoms with Gasteiger partial charge in [-0.2, -0.15) is 5.01 Å². The fourth-order valence-electron chi connectivity index (χ4n) is 2.29. The quantitative estimate of drug-likeness (QED) is 0.436. The first-order valence-electron chi connectivity index (χ1n) is 7.26. The van der Waals surface area contributed by atoms with E-state index in [2.05, 4.69) is 26.3 Å². The average Bonchev–Trinajstić information content (AvgIpc) is 3.13. The predicted octanol–water partition coefficient (Wildman–Crippen LogP) is 5.29. The Balaban J connectivity index is 1.57. The van der Waals surface area contributed by atoms with Crippen molar-refractivity contribution in [2.24, 2.45) is 0 Å². The second-order valence-corrected chi connectivity index (χ2v) is 8.79. The third-order valence-electron chi connectivity index (χ3n) is 3.46. The Kier molecular flexibility index (Phi) is 4.60. The van der Waals surface area contributed by atoms with Crippen LogP contribution in [-0.2, 0) is 4.79 Å². The first kappa shape index (κ1) is 16.7. The molecule has 0 atom stereocenters. The average molecular weight is 448 g/mol. The van der Waals surface area contributed by atoms with Gasteiger partial charge in [-0.1, -0.05) is 63.3 Å². The summed E-state index contributed by atoms with van der Waals surface area (Å²) in [6, 6.07) is 15.6. The Hall–Kier alpha value is -1.74. The van der Waals surface area contributed by atoms with Gasteiger partial charge in [0.1, 0.15) is 0 Å². The summed E-state index contributed by atoms with van der Waals surface area (Å²) in [5, 5.41) is 2.02. The van der Waals surface area contributed by atoms with E-state index in [1.54, 1.807) is 0 Å². The van der Waals surface area contributed by atoms with Gasteiger partial charge in [0.2, 0.25) is 5.13 Å². The van der Waals surface area contributed by atoms with Crippen LogP contribution in [0.15, 0.2) is 57.9 Å².